The molecule has 1 amide bonds. The number of rotatable bonds is 5. The molecule has 0 bridgehead atoms. The number of carbonyl (C=O) groups is 1. The fourth-order valence-corrected chi connectivity index (χ4v) is 2.96. The molecule has 27 heavy (non-hydrogen) atoms. The molecule has 0 aliphatic carbocycles. The van der Waals surface area contributed by atoms with Crippen molar-refractivity contribution in [2.24, 2.45) is 0 Å². The van der Waals surface area contributed by atoms with Crippen LogP contribution in [0.15, 0.2) is 67.0 Å². The van der Waals surface area contributed by atoms with Crippen molar-refractivity contribution in [2.75, 3.05) is 18.4 Å². The number of para-hydroxylation sites is 1. The van der Waals surface area contributed by atoms with Gasteiger partial charge in [-0.3, -0.25) is 4.79 Å². The Morgan fingerprint density at radius 1 is 0.889 bits per heavy atom. The van der Waals surface area contributed by atoms with E-state index in [0.29, 0.717) is 11.5 Å². The van der Waals surface area contributed by atoms with Crippen LogP contribution in [0.3, 0.4) is 0 Å². The van der Waals surface area contributed by atoms with E-state index in [1.807, 2.05) is 59.5 Å². The summed E-state index contributed by atoms with van der Waals surface area (Å²) < 4.78 is 5.78. The molecule has 4 rings (SSSR count). The normalized spacial score (nSPS) is 13.4. The Bertz CT molecular complexity index is 890. The number of anilines is 2. The predicted octanol–water partition coefficient (Wildman–Crippen LogP) is 4.25. The van der Waals surface area contributed by atoms with Crippen molar-refractivity contribution >= 4 is 17.4 Å². The van der Waals surface area contributed by atoms with Crippen LogP contribution in [-0.4, -0.2) is 33.9 Å². The summed E-state index contributed by atoms with van der Waals surface area (Å²) in [5, 5.41) is 3.18. The third kappa shape index (κ3) is 4.23. The molecule has 1 fully saturated rings. The van der Waals surface area contributed by atoms with Crippen molar-refractivity contribution in [1.82, 2.24) is 14.9 Å². The second-order valence-electron chi connectivity index (χ2n) is 6.35. The monoisotopic (exact) mass is 360 g/mol. The van der Waals surface area contributed by atoms with Crippen molar-refractivity contribution < 1.29 is 9.53 Å². The smallest absolute Gasteiger partial charge is 0.274 e. The molecule has 0 radical (unpaired) electrons. The molecule has 1 aliphatic rings. The van der Waals surface area contributed by atoms with Gasteiger partial charge in [0.2, 0.25) is 0 Å². The largest absolute Gasteiger partial charge is 0.457 e. The third-order valence-electron chi connectivity index (χ3n) is 4.37. The first-order chi connectivity index (χ1) is 13.3. The lowest BCUT2D eigenvalue weighted by atomic mass is 10.3. The lowest BCUT2D eigenvalue weighted by Crippen LogP contribution is -2.28. The third-order valence-corrected chi connectivity index (χ3v) is 4.37. The molecule has 0 spiro atoms. The molecular formula is C21H20N4O2. The summed E-state index contributed by atoms with van der Waals surface area (Å²) in [7, 11) is 0. The first-order valence-corrected chi connectivity index (χ1v) is 8.99. The van der Waals surface area contributed by atoms with Crippen LogP contribution in [0.5, 0.6) is 11.5 Å². The van der Waals surface area contributed by atoms with Crippen molar-refractivity contribution in [3.8, 4) is 11.5 Å². The Morgan fingerprint density at radius 3 is 2.26 bits per heavy atom. The second kappa shape index (κ2) is 7.86. The molecule has 2 heterocycles. The van der Waals surface area contributed by atoms with Crippen LogP contribution >= 0.6 is 0 Å². The van der Waals surface area contributed by atoms with Gasteiger partial charge < -0.3 is 15.0 Å². The quantitative estimate of drug-likeness (QED) is 0.737. The molecule has 1 saturated heterocycles. The number of hydrogen-bond acceptors (Lipinski definition) is 5. The Kier molecular flexibility index (Phi) is 4.96. The number of carbonyl (C=O) groups excluding carboxylic acids is 1. The molecule has 3 aromatic rings. The van der Waals surface area contributed by atoms with E-state index in [0.717, 1.165) is 43.1 Å². The lowest BCUT2D eigenvalue weighted by molar-refractivity contribution is 0.0786. The standard InChI is InChI=1S/C21H20N4O2/c26-21(25-12-4-5-13-25)19-14-23-20(15-22-19)24-16-8-10-18(11-9-16)27-17-6-2-1-3-7-17/h1-3,6-11,14-15H,4-5,12-13H2,(H,23,24). The summed E-state index contributed by atoms with van der Waals surface area (Å²) in [6.07, 6.45) is 5.22. The van der Waals surface area contributed by atoms with Gasteiger partial charge in [-0.15, -0.1) is 0 Å². The van der Waals surface area contributed by atoms with Crippen LogP contribution in [0.25, 0.3) is 0 Å². The molecule has 6 nitrogen and oxygen atoms in total. The topological polar surface area (TPSA) is 67.3 Å². The second-order valence-corrected chi connectivity index (χ2v) is 6.35. The van der Waals surface area contributed by atoms with Gasteiger partial charge in [-0.25, -0.2) is 9.97 Å². The number of benzene rings is 2. The Hall–Kier alpha value is -3.41. The van der Waals surface area contributed by atoms with Crippen LogP contribution in [0, 0.1) is 0 Å². The summed E-state index contributed by atoms with van der Waals surface area (Å²) >= 11 is 0. The Labute approximate surface area is 157 Å². The molecule has 136 valence electrons. The van der Waals surface area contributed by atoms with Gasteiger partial charge in [-0.05, 0) is 49.2 Å². The summed E-state index contributed by atoms with van der Waals surface area (Å²) in [5.74, 6) is 2.09. The summed E-state index contributed by atoms with van der Waals surface area (Å²) in [4.78, 5) is 22.7. The van der Waals surface area contributed by atoms with Gasteiger partial charge in [0, 0.05) is 18.8 Å². The van der Waals surface area contributed by atoms with Crippen molar-refractivity contribution in [1.29, 1.82) is 0 Å². The van der Waals surface area contributed by atoms with E-state index < -0.39 is 0 Å². The SMILES string of the molecule is O=C(c1cnc(Nc2ccc(Oc3ccccc3)cc2)cn1)N1CCCC1. The molecule has 0 atom stereocenters. The highest BCUT2D eigenvalue weighted by molar-refractivity contribution is 5.92. The zero-order valence-electron chi connectivity index (χ0n) is 14.8. The zero-order valence-corrected chi connectivity index (χ0v) is 14.8. The predicted molar refractivity (Wildman–Crippen MR) is 103 cm³/mol. The number of aromatic nitrogens is 2. The van der Waals surface area contributed by atoms with E-state index in [1.165, 1.54) is 6.20 Å². The van der Waals surface area contributed by atoms with Gasteiger partial charge in [0.15, 0.2) is 0 Å². The maximum atomic E-state index is 12.3. The minimum absolute atomic E-state index is 0.0473. The van der Waals surface area contributed by atoms with Crippen LogP contribution in [0.4, 0.5) is 11.5 Å². The van der Waals surface area contributed by atoms with E-state index >= 15 is 0 Å². The molecular weight excluding hydrogens is 340 g/mol. The van der Waals surface area contributed by atoms with E-state index in [1.54, 1.807) is 6.20 Å². The van der Waals surface area contributed by atoms with Crippen molar-refractivity contribution in [3.05, 3.63) is 72.7 Å². The van der Waals surface area contributed by atoms with Crippen LogP contribution in [0.2, 0.25) is 0 Å². The van der Waals surface area contributed by atoms with E-state index in [9.17, 15) is 4.79 Å². The van der Waals surface area contributed by atoms with E-state index in [-0.39, 0.29) is 5.91 Å². The maximum absolute atomic E-state index is 12.3. The number of hydrogen-bond donors (Lipinski definition) is 1. The van der Waals surface area contributed by atoms with Gasteiger partial charge in [0.1, 0.15) is 23.0 Å². The summed E-state index contributed by atoms with van der Waals surface area (Å²) in [6.45, 7) is 1.61. The Morgan fingerprint density at radius 2 is 1.59 bits per heavy atom. The molecule has 1 aromatic heterocycles. The molecule has 2 aromatic carbocycles. The molecule has 0 saturated carbocycles. The van der Waals surface area contributed by atoms with E-state index in [2.05, 4.69) is 15.3 Å². The minimum atomic E-state index is -0.0473. The number of ether oxygens (including phenoxy) is 1. The minimum Gasteiger partial charge on any atom is -0.457 e. The maximum Gasteiger partial charge on any atom is 0.274 e. The fraction of sp³-hybridized carbons (Fsp3) is 0.190. The summed E-state index contributed by atoms with van der Waals surface area (Å²) in [5.41, 5.74) is 1.25. The average molecular weight is 360 g/mol. The average Bonchev–Trinajstić information content (AvgIpc) is 3.25. The number of likely N-dealkylation sites (tertiary alicyclic amines) is 1. The lowest BCUT2D eigenvalue weighted by Gasteiger charge is -2.14. The van der Waals surface area contributed by atoms with Gasteiger partial charge in [0.25, 0.3) is 5.91 Å². The molecule has 1 N–H and O–H groups in total. The van der Waals surface area contributed by atoms with Crippen molar-refractivity contribution in [3.63, 3.8) is 0 Å². The van der Waals surface area contributed by atoms with Gasteiger partial charge in [-0.2, -0.15) is 0 Å². The van der Waals surface area contributed by atoms with E-state index in [4.69, 9.17) is 4.74 Å². The molecule has 6 heteroatoms. The fourth-order valence-electron chi connectivity index (χ4n) is 2.96. The number of nitrogens with zero attached hydrogens (tertiary/aromatic N) is 3. The highest BCUT2D eigenvalue weighted by Gasteiger charge is 2.20. The molecule has 0 unspecified atom stereocenters. The van der Waals surface area contributed by atoms with Crippen LogP contribution in [-0.2, 0) is 0 Å². The van der Waals surface area contributed by atoms with Crippen LogP contribution in [0.1, 0.15) is 23.3 Å². The highest BCUT2D eigenvalue weighted by atomic mass is 16.5. The summed E-state index contributed by atoms with van der Waals surface area (Å²) in [6, 6.07) is 17.2. The number of amides is 1. The number of nitrogens with one attached hydrogen (secondary N) is 1. The Balaban J connectivity index is 1.38. The zero-order chi connectivity index (χ0) is 18.5. The first kappa shape index (κ1) is 17.0. The first-order valence-electron chi connectivity index (χ1n) is 8.99. The van der Waals surface area contributed by atoms with Crippen molar-refractivity contribution in [2.45, 2.75) is 12.8 Å². The van der Waals surface area contributed by atoms with Gasteiger partial charge >= 0.3 is 0 Å². The van der Waals surface area contributed by atoms with Gasteiger partial charge in [0.05, 0.1) is 12.4 Å². The van der Waals surface area contributed by atoms with Crippen LogP contribution < -0.4 is 10.1 Å². The molecule has 1 aliphatic heterocycles. The highest BCUT2D eigenvalue weighted by Crippen LogP contribution is 2.23. The van der Waals surface area contributed by atoms with Gasteiger partial charge in [-0.1, -0.05) is 18.2 Å².